The molecule has 0 radical (unpaired) electrons. The van der Waals surface area contributed by atoms with Crippen molar-refractivity contribution < 1.29 is 9.47 Å². The Labute approximate surface area is 280 Å². The number of benzene rings is 2. The predicted octanol–water partition coefficient (Wildman–Crippen LogP) is 11.6. The summed E-state index contributed by atoms with van der Waals surface area (Å²) in [5.74, 6) is 1.96. The lowest BCUT2D eigenvalue weighted by Gasteiger charge is -2.31. The molecule has 0 fully saturated rings. The summed E-state index contributed by atoms with van der Waals surface area (Å²) in [5.41, 5.74) is 14.8. The molecule has 0 bridgehead atoms. The lowest BCUT2D eigenvalue weighted by Crippen LogP contribution is -2.28. The molecule has 2 aliphatic carbocycles. The monoisotopic (exact) mass is 669 g/mol. The zero-order valence-corrected chi connectivity index (χ0v) is 30.8. The third-order valence-corrected chi connectivity index (χ3v) is 12.4. The zero-order chi connectivity index (χ0) is 32.7. The largest absolute Gasteiger partial charge is 0.496 e. The van der Waals surface area contributed by atoms with Crippen molar-refractivity contribution in [2.45, 2.75) is 104 Å². The summed E-state index contributed by atoms with van der Waals surface area (Å²) in [6, 6.07) is 9.21. The molecule has 1 heterocycles. The second kappa shape index (κ2) is 13.0. The number of ether oxygens (including phenoxy) is 2. The van der Waals surface area contributed by atoms with E-state index in [0.29, 0.717) is 0 Å². The van der Waals surface area contributed by atoms with E-state index in [1.807, 2.05) is 0 Å². The molecule has 0 atom stereocenters. The highest BCUT2D eigenvalue weighted by Crippen LogP contribution is 2.54. The minimum absolute atomic E-state index is 0.00835. The van der Waals surface area contributed by atoms with Gasteiger partial charge < -0.3 is 14.4 Å². The molecule has 2 aromatic rings. The average Bonchev–Trinajstić information content (AvgIpc) is 3.42. The van der Waals surface area contributed by atoms with Crippen LogP contribution in [0.25, 0.3) is 5.57 Å². The van der Waals surface area contributed by atoms with E-state index in [2.05, 4.69) is 125 Å². The molecule has 2 aromatic carbocycles. The number of methoxy groups -OCH3 is 2. The van der Waals surface area contributed by atoms with Crippen LogP contribution < -0.4 is 14.4 Å². The number of halogens is 1. The molecule has 0 aromatic heterocycles. The van der Waals surface area contributed by atoms with Crippen molar-refractivity contribution in [2.75, 3.05) is 26.2 Å². The Balaban J connectivity index is 1.53. The van der Waals surface area contributed by atoms with Crippen molar-refractivity contribution in [3.63, 3.8) is 0 Å². The minimum atomic E-state index is -0.0259. The van der Waals surface area contributed by atoms with E-state index >= 15 is 0 Å². The number of allylic oxidation sites excluding steroid dienone is 10. The van der Waals surface area contributed by atoms with Crippen molar-refractivity contribution in [2.24, 2.45) is 0 Å². The van der Waals surface area contributed by atoms with Crippen LogP contribution in [0.1, 0.15) is 107 Å². The van der Waals surface area contributed by atoms with Gasteiger partial charge in [0.1, 0.15) is 11.5 Å². The Morgan fingerprint density at radius 2 is 1.38 bits per heavy atom. The Morgan fingerprint density at radius 3 is 1.98 bits per heavy atom. The van der Waals surface area contributed by atoms with Gasteiger partial charge in [0, 0.05) is 33.7 Å². The zero-order valence-electron chi connectivity index (χ0n) is 29.2. The van der Waals surface area contributed by atoms with E-state index in [-0.39, 0.29) is 10.8 Å². The van der Waals surface area contributed by atoms with Crippen molar-refractivity contribution in [1.82, 2.24) is 0 Å². The first kappa shape index (κ1) is 33.4. The molecule has 1 aliphatic heterocycles. The van der Waals surface area contributed by atoms with Crippen molar-refractivity contribution in [3.8, 4) is 11.5 Å². The first-order chi connectivity index (χ1) is 21.6. The normalized spacial score (nSPS) is 20.6. The van der Waals surface area contributed by atoms with Crippen LogP contribution in [0, 0.1) is 13.8 Å². The van der Waals surface area contributed by atoms with Gasteiger partial charge >= 0.3 is 0 Å². The number of fused-ring (bicyclic) bond motifs is 2. The van der Waals surface area contributed by atoms with Gasteiger partial charge in [0.25, 0.3) is 0 Å². The van der Waals surface area contributed by atoms with Gasteiger partial charge in [-0.25, -0.2) is 0 Å². The van der Waals surface area contributed by atoms with E-state index in [1.54, 1.807) is 14.2 Å². The maximum absolute atomic E-state index is 5.76. The molecule has 4 heteroatoms. The molecule has 0 amide bonds. The van der Waals surface area contributed by atoms with Crippen molar-refractivity contribution >= 4 is 27.2 Å². The topological polar surface area (TPSA) is 21.7 Å². The molecule has 3 nitrogen and oxygen atoms in total. The molecule has 45 heavy (non-hydrogen) atoms. The van der Waals surface area contributed by atoms with Crippen LogP contribution >= 0.6 is 15.9 Å². The van der Waals surface area contributed by atoms with Crippen LogP contribution in [0.4, 0.5) is 5.69 Å². The SMILES string of the molecule is CCC1(CC)C(/C=C/C2=C(Br)C(=C/C=C3\N(C)c4cc(C)c(OC)cc4C3(CC)CC)/CCC2)=C(C)c2cc(C)c(OC)cc21. The molecular weight excluding hydrogens is 618 g/mol. The van der Waals surface area contributed by atoms with Gasteiger partial charge in [-0.1, -0.05) is 61.9 Å². The Hall–Kier alpha value is -2.98. The number of hydrogen-bond donors (Lipinski definition) is 0. The number of aryl methyl sites for hydroxylation is 2. The van der Waals surface area contributed by atoms with E-state index in [4.69, 9.17) is 9.47 Å². The summed E-state index contributed by atoms with van der Waals surface area (Å²) in [4.78, 5) is 2.41. The summed E-state index contributed by atoms with van der Waals surface area (Å²) < 4.78 is 12.8. The fourth-order valence-electron chi connectivity index (χ4n) is 8.54. The van der Waals surface area contributed by atoms with E-state index in [0.717, 1.165) is 56.4 Å². The lowest BCUT2D eigenvalue weighted by molar-refractivity contribution is 0.408. The van der Waals surface area contributed by atoms with Crippen molar-refractivity contribution in [3.05, 3.63) is 103 Å². The molecule has 3 aliphatic rings. The first-order valence-corrected chi connectivity index (χ1v) is 17.7. The van der Waals surface area contributed by atoms with Crippen LogP contribution in [0.15, 0.2) is 75.5 Å². The summed E-state index contributed by atoms with van der Waals surface area (Å²) in [5, 5.41) is 0. The number of rotatable bonds is 9. The van der Waals surface area contributed by atoms with Crippen LogP contribution in [-0.4, -0.2) is 21.3 Å². The summed E-state index contributed by atoms with van der Waals surface area (Å²) in [6.45, 7) is 15.9. The van der Waals surface area contributed by atoms with Gasteiger partial charge in [-0.15, -0.1) is 0 Å². The van der Waals surface area contributed by atoms with Crippen LogP contribution in [0.2, 0.25) is 0 Å². The highest BCUT2D eigenvalue weighted by molar-refractivity contribution is 9.12. The molecule has 5 rings (SSSR count). The van der Waals surface area contributed by atoms with Gasteiger partial charge in [-0.2, -0.15) is 0 Å². The van der Waals surface area contributed by atoms with Crippen LogP contribution in [0.3, 0.4) is 0 Å². The highest BCUT2D eigenvalue weighted by atomic mass is 79.9. The molecule has 240 valence electrons. The second-order valence-electron chi connectivity index (χ2n) is 13.2. The maximum atomic E-state index is 5.76. The maximum Gasteiger partial charge on any atom is 0.122 e. The van der Waals surface area contributed by atoms with E-state index < -0.39 is 0 Å². The molecule has 0 saturated carbocycles. The fourth-order valence-corrected chi connectivity index (χ4v) is 9.20. The van der Waals surface area contributed by atoms with Crippen LogP contribution in [-0.2, 0) is 10.8 Å². The first-order valence-electron chi connectivity index (χ1n) is 16.9. The molecule has 0 N–H and O–H groups in total. The molecule has 0 unspecified atom stereocenters. The van der Waals surface area contributed by atoms with Gasteiger partial charge in [-0.05, 0) is 146 Å². The Kier molecular flexibility index (Phi) is 9.66. The number of anilines is 1. The molecule has 0 spiro atoms. The quantitative estimate of drug-likeness (QED) is 0.265. The van der Waals surface area contributed by atoms with Gasteiger partial charge in [0.15, 0.2) is 0 Å². The Bertz CT molecular complexity index is 1640. The molecule has 0 saturated heterocycles. The lowest BCUT2D eigenvalue weighted by atomic mass is 9.72. The van der Waals surface area contributed by atoms with E-state index in [1.165, 1.54) is 66.0 Å². The van der Waals surface area contributed by atoms with Gasteiger partial charge in [0.05, 0.1) is 14.2 Å². The molecular formula is C41H52BrNO2. The van der Waals surface area contributed by atoms with E-state index in [9.17, 15) is 0 Å². The number of likely N-dealkylation sites (N-methyl/N-ethyl adjacent to an activating group) is 1. The standard InChI is InChI=1S/C41H52BrNO2/c1-11-40(12-2)32(28(7)31-22-26(5)36(44-9)24-33(31)40)20-18-29-16-15-17-30(39(29)42)19-21-38-41(13-3,14-4)34-25-37(45-10)27(6)23-35(34)43(38)8/h18-25H,11-17H2,1-10H3/b20-18+,30-19+,38-21-. The Morgan fingerprint density at radius 1 is 0.778 bits per heavy atom. The highest BCUT2D eigenvalue weighted by Gasteiger charge is 2.44. The third kappa shape index (κ3) is 5.25. The van der Waals surface area contributed by atoms with Gasteiger partial charge in [0.2, 0.25) is 0 Å². The minimum Gasteiger partial charge on any atom is -0.496 e. The smallest absolute Gasteiger partial charge is 0.122 e. The number of hydrogen-bond acceptors (Lipinski definition) is 3. The van der Waals surface area contributed by atoms with Crippen LogP contribution in [0.5, 0.6) is 11.5 Å². The van der Waals surface area contributed by atoms with Gasteiger partial charge in [-0.3, -0.25) is 0 Å². The average molecular weight is 671 g/mol. The fraction of sp³-hybridized carbons (Fsp3) is 0.463. The second-order valence-corrected chi connectivity index (χ2v) is 13.9. The predicted molar refractivity (Wildman–Crippen MR) is 196 cm³/mol. The third-order valence-electron chi connectivity index (χ3n) is 11.4. The summed E-state index contributed by atoms with van der Waals surface area (Å²) >= 11 is 4.08. The number of nitrogens with zero attached hydrogens (tertiary/aromatic N) is 1. The summed E-state index contributed by atoms with van der Waals surface area (Å²) in [7, 11) is 5.78. The van der Waals surface area contributed by atoms with Crippen molar-refractivity contribution in [1.29, 1.82) is 0 Å². The summed E-state index contributed by atoms with van der Waals surface area (Å²) in [6.07, 6.45) is 17.2.